The van der Waals surface area contributed by atoms with Crippen LogP contribution < -0.4 is 9.47 Å². The summed E-state index contributed by atoms with van der Waals surface area (Å²) < 4.78 is 11.3. The molecule has 2 rings (SSSR count). The van der Waals surface area contributed by atoms with Crippen LogP contribution in [0.3, 0.4) is 0 Å². The zero-order valence-electron chi connectivity index (χ0n) is 15.7. The van der Waals surface area contributed by atoms with E-state index < -0.39 is 0 Å². The molecule has 0 aliphatic carbocycles. The number of rotatable bonds is 10. The van der Waals surface area contributed by atoms with Crippen molar-refractivity contribution in [2.75, 3.05) is 19.0 Å². The molecule has 0 atom stereocenters. The Kier molecular flexibility index (Phi) is 8.29. The lowest BCUT2D eigenvalue weighted by Crippen LogP contribution is -2.00. The lowest BCUT2D eigenvalue weighted by atomic mass is 10.1. The summed E-state index contributed by atoms with van der Waals surface area (Å²) in [6.07, 6.45) is 4.51. The first-order chi connectivity index (χ1) is 12.7. The summed E-state index contributed by atoms with van der Waals surface area (Å²) in [6, 6.07) is 13.5. The standard InChI is InChI=1S/C22H26O3S/c1-4-16-26-19-13-10-17(11-14-19)20(23)15-12-18-8-7-9-21(24-5-2)22(18)25-6-3/h7-15H,4-6,16H2,1-3H3/b15-12+. The maximum atomic E-state index is 12.5. The number of carbonyl (C=O) groups excluding carboxylic acids is 1. The average Bonchev–Trinajstić information content (AvgIpc) is 2.67. The molecule has 0 fully saturated rings. The zero-order valence-corrected chi connectivity index (χ0v) is 16.5. The average molecular weight is 371 g/mol. The molecule has 0 amide bonds. The van der Waals surface area contributed by atoms with Gasteiger partial charge in [0.15, 0.2) is 17.3 Å². The minimum atomic E-state index is -0.0266. The molecule has 0 radical (unpaired) electrons. The lowest BCUT2D eigenvalue weighted by molar-refractivity contribution is 0.104. The van der Waals surface area contributed by atoms with Crippen molar-refractivity contribution in [3.05, 3.63) is 59.7 Å². The van der Waals surface area contributed by atoms with Gasteiger partial charge in [-0.15, -0.1) is 11.8 Å². The number of allylic oxidation sites excluding steroid dienone is 1. The Hall–Kier alpha value is -2.20. The number of carbonyl (C=O) groups is 1. The molecule has 0 unspecified atom stereocenters. The van der Waals surface area contributed by atoms with E-state index in [0.29, 0.717) is 30.3 Å². The van der Waals surface area contributed by atoms with E-state index in [2.05, 4.69) is 6.92 Å². The Morgan fingerprint density at radius 3 is 2.38 bits per heavy atom. The third-order valence-corrected chi connectivity index (χ3v) is 4.84. The first-order valence-corrected chi connectivity index (χ1v) is 10.0. The summed E-state index contributed by atoms with van der Waals surface area (Å²) in [5, 5.41) is 0. The highest BCUT2D eigenvalue weighted by Gasteiger charge is 2.09. The minimum absolute atomic E-state index is 0.0266. The molecule has 26 heavy (non-hydrogen) atoms. The molecule has 2 aromatic carbocycles. The van der Waals surface area contributed by atoms with Crippen LogP contribution in [0.15, 0.2) is 53.4 Å². The molecule has 0 heterocycles. The van der Waals surface area contributed by atoms with E-state index >= 15 is 0 Å². The highest BCUT2D eigenvalue weighted by Crippen LogP contribution is 2.32. The summed E-state index contributed by atoms with van der Waals surface area (Å²) in [7, 11) is 0. The number of para-hydroxylation sites is 1. The number of benzene rings is 2. The van der Waals surface area contributed by atoms with Gasteiger partial charge in [-0.3, -0.25) is 4.79 Å². The van der Waals surface area contributed by atoms with Crippen molar-refractivity contribution in [1.82, 2.24) is 0 Å². The second-order valence-electron chi connectivity index (χ2n) is 5.61. The monoisotopic (exact) mass is 370 g/mol. The van der Waals surface area contributed by atoms with Crippen molar-refractivity contribution in [3.63, 3.8) is 0 Å². The molecule has 4 heteroatoms. The third-order valence-electron chi connectivity index (χ3n) is 3.62. The Balaban J connectivity index is 2.15. The van der Waals surface area contributed by atoms with E-state index in [1.165, 1.54) is 4.90 Å². The lowest BCUT2D eigenvalue weighted by Gasteiger charge is -2.13. The first-order valence-electron chi connectivity index (χ1n) is 9.03. The number of ether oxygens (including phenoxy) is 2. The summed E-state index contributed by atoms with van der Waals surface area (Å²) in [4.78, 5) is 13.6. The summed E-state index contributed by atoms with van der Waals surface area (Å²) in [5.41, 5.74) is 1.52. The van der Waals surface area contributed by atoms with E-state index in [0.717, 1.165) is 17.7 Å². The molecule has 0 bridgehead atoms. The number of ketones is 1. The van der Waals surface area contributed by atoms with Gasteiger partial charge < -0.3 is 9.47 Å². The van der Waals surface area contributed by atoms with Crippen LogP contribution in [0.25, 0.3) is 6.08 Å². The van der Waals surface area contributed by atoms with E-state index in [1.54, 1.807) is 23.9 Å². The van der Waals surface area contributed by atoms with Crippen molar-refractivity contribution in [2.45, 2.75) is 32.1 Å². The van der Waals surface area contributed by atoms with Gasteiger partial charge in [0.25, 0.3) is 0 Å². The second-order valence-corrected chi connectivity index (χ2v) is 6.78. The number of hydrogen-bond donors (Lipinski definition) is 0. The summed E-state index contributed by atoms with van der Waals surface area (Å²) in [6.45, 7) is 7.13. The molecular formula is C22H26O3S. The second kappa shape index (κ2) is 10.7. The molecule has 3 nitrogen and oxygen atoms in total. The van der Waals surface area contributed by atoms with Crippen molar-refractivity contribution in [3.8, 4) is 11.5 Å². The van der Waals surface area contributed by atoms with Gasteiger partial charge >= 0.3 is 0 Å². The van der Waals surface area contributed by atoms with Crippen LogP contribution >= 0.6 is 11.8 Å². The topological polar surface area (TPSA) is 35.5 Å². The van der Waals surface area contributed by atoms with Gasteiger partial charge in [-0.25, -0.2) is 0 Å². The van der Waals surface area contributed by atoms with Gasteiger partial charge in [-0.2, -0.15) is 0 Å². The predicted molar refractivity (Wildman–Crippen MR) is 110 cm³/mol. The van der Waals surface area contributed by atoms with E-state index in [9.17, 15) is 4.79 Å². The van der Waals surface area contributed by atoms with Crippen molar-refractivity contribution in [2.24, 2.45) is 0 Å². The smallest absolute Gasteiger partial charge is 0.185 e. The molecule has 2 aromatic rings. The maximum absolute atomic E-state index is 12.5. The van der Waals surface area contributed by atoms with Crippen molar-refractivity contribution >= 4 is 23.6 Å². The van der Waals surface area contributed by atoms with Gasteiger partial charge in [0.05, 0.1) is 13.2 Å². The van der Waals surface area contributed by atoms with Crippen LogP contribution in [-0.4, -0.2) is 24.7 Å². The van der Waals surface area contributed by atoms with E-state index in [-0.39, 0.29) is 5.78 Å². The molecule has 0 aliphatic heterocycles. The predicted octanol–water partition coefficient (Wildman–Crippen LogP) is 5.88. The molecule has 0 aliphatic rings. The van der Waals surface area contributed by atoms with Gasteiger partial charge in [0, 0.05) is 16.0 Å². The van der Waals surface area contributed by atoms with Crippen molar-refractivity contribution < 1.29 is 14.3 Å². The fourth-order valence-electron chi connectivity index (χ4n) is 2.43. The Morgan fingerprint density at radius 1 is 1.00 bits per heavy atom. The van der Waals surface area contributed by atoms with Crippen LogP contribution in [0.5, 0.6) is 11.5 Å². The fraction of sp³-hybridized carbons (Fsp3) is 0.318. The number of thioether (sulfide) groups is 1. The summed E-state index contributed by atoms with van der Waals surface area (Å²) >= 11 is 1.80. The summed E-state index contributed by atoms with van der Waals surface area (Å²) in [5.74, 6) is 2.43. The van der Waals surface area contributed by atoms with Gasteiger partial charge in [0.2, 0.25) is 0 Å². The SMILES string of the molecule is CCCSc1ccc(C(=O)/C=C/c2cccc(OCC)c2OCC)cc1. The third kappa shape index (κ3) is 5.67. The normalized spacial score (nSPS) is 10.9. The molecule has 0 aromatic heterocycles. The van der Waals surface area contributed by atoms with Crippen LogP contribution in [0.1, 0.15) is 43.1 Å². The maximum Gasteiger partial charge on any atom is 0.185 e. The highest BCUT2D eigenvalue weighted by molar-refractivity contribution is 7.99. The Labute approximate surface area is 160 Å². The van der Waals surface area contributed by atoms with Gasteiger partial charge in [-0.05, 0) is 68.5 Å². The van der Waals surface area contributed by atoms with Gasteiger partial charge in [0.1, 0.15) is 0 Å². The van der Waals surface area contributed by atoms with Crippen LogP contribution in [-0.2, 0) is 0 Å². The zero-order chi connectivity index (χ0) is 18.8. The van der Waals surface area contributed by atoms with Crippen molar-refractivity contribution in [1.29, 1.82) is 0 Å². The molecule has 0 N–H and O–H groups in total. The quantitative estimate of drug-likeness (QED) is 0.297. The number of hydrogen-bond acceptors (Lipinski definition) is 4. The minimum Gasteiger partial charge on any atom is -0.490 e. The molecule has 138 valence electrons. The van der Waals surface area contributed by atoms with E-state index in [4.69, 9.17) is 9.47 Å². The molecule has 0 saturated heterocycles. The Bertz CT molecular complexity index is 736. The molecule has 0 spiro atoms. The largest absolute Gasteiger partial charge is 0.490 e. The van der Waals surface area contributed by atoms with Crippen LogP contribution in [0.4, 0.5) is 0 Å². The van der Waals surface area contributed by atoms with Gasteiger partial charge in [-0.1, -0.05) is 19.1 Å². The molecule has 0 saturated carbocycles. The van der Waals surface area contributed by atoms with E-state index in [1.807, 2.05) is 56.3 Å². The Morgan fingerprint density at radius 2 is 1.73 bits per heavy atom. The first kappa shape index (κ1) is 20.1. The highest BCUT2D eigenvalue weighted by atomic mass is 32.2. The van der Waals surface area contributed by atoms with Crippen LogP contribution in [0, 0.1) is 0 Å². The molecular weight excluding hydrogens is 344 g/mol. The van der Waals surface area contributed by atoms with Crippen LogP contribution in [0.2, 0.25) is 0 Å². The fourth-order valence-corrected chi connectivity index (χ4v) is 3.20.